The van der Waals surface area contributed by atoms with Gasteiger partial charge in [-0.3, -0.25) is 9.36 Å². The van der Waals surface area contributed by atoms with Gasteiger partial charge in [0.2, 0.25) is 16.0 Å². The molecule has 2 atom stereocenters. The van der Waals surface area contributed by atoms with Crippen LogP contribution in [0, 0.1) is 11.3 Å². The summed E-state index contributed by atoms with van der Waals surface area (Å²) in [6, 6.07) is 2.77. The molecule has 0 radical (unpaired) electrons. The number of rotatable bonds is 4. The van der Waals surface area contributed by atoms with Crippen LogP contribution in [0.2, 0.25) is 0 Å². The Morgan fingerprint density at radius 3 is 2.67 bits per heavy atom. The first kappa shape index (κ1) is 20.7. The van der Waals surface area contributed by atoms with Gasteiger partial charge in [-0.1, -0.05) is 12.8 Å². The number of nitrogens with one attached hydrogen (secondary N) is 1. The zero-order valence-electron chi connectivity index (χ0n) is 16.6. The molecule has 3 heterocycles. The van der Waals surface area contributed by atoms with Crippen LogP contribution in [0.15, 0.2) is 17.1 Å². The Hall–Kier alpha value is -2.58. The fourth-order valence-electron chi connectivity index (χ4n) is 4.28. The van der Waals surface area contributed by atoms with Gasteiger partial charge in [-0.2, -0.15) is 14.6 Å². The molecule has 1 saturated heterocycles. The molecular weight excluding hydrogens is 411 g/mol. The summed E-state index contributed by atoms with van der Waals surface area (Å²) in [5.74, 6) is 0.179. The number of pyridine rings is 1. The van der Waals surface area contributed by atoms with Gasteiger partial charge in [0.25, 0.3) is 5.56 Å². The molecule has 1 N–H and O–H groups in total. The van der Waals surface area contributed by atoms with Crippen molar-refractivity contribution in [2.75, 3.05) is 24.7 Å². The highest BCUT2D eigenvalue weighted by Gasteiger charge is 2.33. The van der Waals surface area contributed by atoms with Gasteiger partial charge in [0, 0.05) is 30.7 Å². The minimum absolute atomic E-state index is 0.0250. The third-order valence-corrected chi connectivity index (χ3v) is 7.14. The van der Waals surface area contributed by atoms with E-state index in [2.05, 4.69) is 15.3 Å². The van der Waals surface area contributed by atoms with Gasteiger partial charge in [0.15, 0.2) is 0 Å². The van der Waals surface area contributed by atoms with Gasteiger partial charge in [-0.25, -0.2) is 17.8 Å². The molecule has 0 amide bonds. The highest BCUT2D eigenvalue weighted by Crippen LogP contribution is 2.31. The van der Waals surface area contributed by atoms with Crippen LogP contribution in [0.3, 0.4) is 0 Å². The van der Waals surface area contributed by atoms with Crippen molar-refractivity contribution >= 4 is 27.0 Å². The molecule has 2 aliphatic rings. The molecule has 9 nitrogen and oxygen atoms in total. The molecule has 1 aliphatic carbocycles. The van der Waals surface area contributed by atoms with E-state index in [0.29, 0.717) is 11.0 Å². The molecule has 0 aromatic carbocycles. The van der Waals surface area contributed by atoms with Crippen molar-refractivity contribution in [3.05, 3.63) is 28.2 Å². The maximum Gasteiger partial charge on any atom is 0.270 e. The number of aromatic nitrogens is 3. The quantitative estimate of drug-likeness (QED) is 0.775. The Bertz CT molecular complexity index is 1170. The van der Waals surface area contributed by atoms with E-state index in [4.69, 9.17) is 0 Å². The predicted octanol–water partition coefficient (Wildman–Crippen LogP) is 1.56. The zero-order valence-corrected chi connectivity index (χ0v) is 17.4. The third kappa shape index (κ3) is 3.89. The van der Waals surface area contributed by atoms with E-state index in [1.807, 2.05) is 6.07 Å². The van der Waals surface area contributed by atoms with Crippen molar-refractivity contribution in [1.82, 2.24) is 18.8 Å². The van der Waals surface area contributed by atoms with Crippen LogP contribution in [0.25, 0.3) is 11.0 Å². The van der Waals surface area contributed by atoms with Gasteiger partial charge < -0.3 is 5.32 Å². The summed E-state index contributed by atoms with van der Waals surface area (Å²) < 4.78 is 40.6. The largest absolute Gasteiger partial charge is 0.348 e. The number of nitrogens with zero attached hydrogens (tertiary/aromatic N) is 5. The standard InChI is InChI=1S/C19H23FN6O3S/c1-30(28,29)25-7-6-16(15(20)11-25)23-19-22-10-13-8-12(9-21)18(27)26(17(13)24-19)14-4-2-3-5-14/h8,10,14-16H,2-7,11H2,1H3,(H,22,23,24). The van der Waals surface area contributed by atoms with E-state index >= 15 is 0 Å². The normalized spacial score (nSPS) is 23.5. The minimum Gasteiger partial charge on any atom is -0.348 e. The third-order valence-electron chi connectivity index (χ3n) is 5.87. The van der Waals surface area contributed by atoms with E-state index in [1.54, 1.807) is 4.57 Å². The first-order chi connectivity index (χ1) is 14.3. The van der Waals surface area contributed by atoms with Gasteiger partial charge in [-0.05, 0) is 25.3 Å². The Kier molecular flexibility index (Phi) is 5.46. The van der Waals surface area contributed by atoms with Crippen LogP contribution in [-0.4, -0.2) is 58.8 Å². The molecule has 0 bridgehead atoms. The summed E-state index contributed by atoms with van der Waals surface area (Å²) in [5, 5.41) is 12.9. The van der Waals surface area contributed by atoms with Crippen LogP contribution >= 0.6 is 0 Å². The van der Waals surface area contributed by atoms with E-state index in [1.165, 1.54) is 12.3 Å². The van der Waals surface area contributed by atoms with Crippen LogP contribution in [0.4, 0.5) is 10.3 Å². The fraction of sp³-hybridized carbons (Fsp3) is 0.579. The van der Waals surface area contributed by atoms with Crippen molar-refractivity contribution < 1.29 is 12.8 Å². The lowest BCUT2D eigenvalue weighted by molar-refractivity contribution is 0.186. The highest BCUT2D eigenvalue weighted by molar-refractivity contribution is 7.88. The van der Waals surface area contributed by atoms with Crippen LogP contribution in [0.1, 0.15) is 43.7 Å². The molecule has 2 unspecified atom stereocenters. The van der Waals surface area contributed by atoms with E-state index < -0.39 is 22.2 Å². The average molecular weight is 434 g/mol. The number of alkyl halides is 1. The summed E-state index contributed by atoms with van der Waals surface area (Å²) in [5.41, 5.74) is 0.106. The maximum absolute atomic E-state index is 14.6. The molecule has 1 saturated carbocycles. The van der Waals surface area contributed by atoms with E-state index in [0.717, 1.165) is 36.2 Å². The number of hydrogen-bond donors (Lipinski definition) is 1. The molecule has 0 spiro atoms. The lowest BCUT2D eigenvalue weighted by Crippen LogP contribution is -2.49. The van der Waals surface area contributed by atoms with Crippen LogP contribution in [-0.2, 0) is 10.0 Å². The van der Waals surface area contributed by atoms with Gasteiger partial charge in [0.1, 0.15) is 23.5 Å². The molecule has 2 fully saturated rings. The Labute approximate surface area is 173 Å². The summed E-state index contributed by atoms with van der Waals surface area (Å²) in [4.78, 5) is 21.5. The number of nitriles is 1. The van der Waals surface area contributed by atoms with Crippen molar-refractivity contribution in [3.8, 4) is 6.07 Å². The fourth-order valence-corrected chi connectivity index (χ4v) is 5.13. The molecule has 30 heavy (non-hydrogen) atoms. The molecule has 1 aliphatic heterocycles. The Morgan fingerprint density at radius 2 is 2.03 bits per heavy atom. The summed E-state index contributed by atoms with van der Waals surface area (Å²) in [7, 11) is -3.44. The second-order valence-corrected chi connectivity index (χ2v) is 9.91. The van der Waals surface area contributed by atoms with E-state index in [9.17, 15) is 22.9 Å². The van der Waals surface area contributed by atoms with Crippen molar-refractivity contribution in [2.24, 2.45) is 0 Å². The number of halogens is 1. The lowest BCUT2D eigenvalue weighted by atomic mass is 10.1. The average Bonchev–Trinajstić information content (AvgIpc) is 3.22. The van der Waals surface area contributed by atoms with Gasteiger partial charge in [0.05, 0.1) is 12.3 Å². The second-order valence-electron chi connectivity index (χ2n) is 7.93. The number of sulfonamides is 1. The van der Waals surface area contributed by atoms with Crippen molar-refractivity contribution in [3.63, 3.8) is 0 Å². The monoisotopic (exact) mass is 434 g/mol. The topological polar surface area (TPSA) is 121 Å². The van der Waals surface area contributed by atoms with Crippen LogP contribution in [0.5, 0.6) is 0 Å². The smallest absolute Gasteiger partial charge is 0.270 e. The van der Waals surface area contributed by atoms with E-state index in [-0.39, 0.29) is 42.6 Å². The Morgan fingerprint density at radius 1 is 1.30 bits per heavy atom. The summed E-state index contributed by atoms with van der Waals surface area (Å²) in [6.07, 6.45) is 5.15. The molecule has 11 heteroatoms. The Balaban J connectivity index is 1.66. The van der Waals surface area contributed by atoms with Crippen molar-refractivity contribution in [2.45, 2.75) is 50.4 Å². The molecule has 4 rings (SSSR count). The van der Waals surface area contributed by atoms with Crippen molar-refractivity contribution in [1.29, 1.82) is 5.26 Å². The number of piperidine rings is 1. The second kappa shape index (κ2) is 7.92. The summed E-state index contributed by atoms with van der Waals surface area (Å²) >= 11 is 0. The molecule has 2 aromatic rings. The molecular formula is C19H23FN6O3S. The number of fused-ring (bicyclic) bond motifs is 1. The predicted molar refractivity (Wildman–Crippen MR) is 109 cm³/mol. The van der Waals surface area contributed by atoms with Crippen LogP contribution < -0.4 is 10.9 Å². The molecule has 2 aromatic heterocycles. The SMILES string of the molecule is CS(=O)(=O)N1CCC(Nc2ncc3cc(C#N)c(=O)n(C4CCCC4)c3n2)C(F)C1. The number of hydrogen-bond acceptors (Lipinski definition) is 7. The number of anilines is 1. The lowest BCUT2D eigenvalue weighted by Gasteiger charge is -2.33. The zero-order chi connectivity index (χ0) is 21.5. The van der Waals surface area contributed by atoms with Gasteiger partial charge in [-0.15, -0.1) is 0 Å². The maximum atomic E-state index is 14.6. The highest BCUT2D eigenvalue weighted by atomic mass is 32.2. The first-order valence-corrected chi connectivity index (χ1v) is 11.8. The van der Waals surface area contributed by atoms with Gasteiger partial charge >= 0.3 is 0 Å². The first-order valence-electron chi connectivity index (χ1n) is 9.96. The minimum atomic E-state index is -3.44. The molecule has 160 valence electrons. The summed E-state index contributed by atoms with van der Waals surface area (Å²) in [6.45, 7) is -0.00872.